The van der Waals surface area contributed by atoms with E-state index in [4.69, 9.17) is 0 Å². The van der Waals surface area contributed by atoms with Gasteiger partial charge in [0.25, 0.3) is 0 Å². The third-order valence-electron chi connectivity index (χ3n) is 1.48. The van der Waals surface area contributed by atoms with Gasteiger partial charge in [-0.05, 0) is 27.1 Å². The molecule has 0 saturated carbocycles. The summed E-state index contributed by atoms with van der Waals surface area (Å²) < 4.78 is 0. The third kappa shape index (κ3) is 25.7. The van der Waals surface area contributed by atoms with Crippen LogP contribution in [0.15, 0.2) is 0 Å². The molecule has 0 aliphatic heterocycles. The molecule has 0 fully saturated rings. The fraction of sp³-hybridized carbons (Fsp3) is 1.00. The Morgan fingerprint density at radius 2 is 1.45 bits per heavy atom. The van der Waals surface area contributed by atoms with E-state index in [0.29, 0.717) is 0 Å². The van der Waals surface area contributed by atoms with Gasteiger partial charge in [-0.25, -0.2) is 0 Å². The van der Waals surface area contributed by atoms with Crippen LogP contribution in [0, 0.1) is 5.92 Å². The lowest BCUT2D eigenvalue weighted by Gasteiger charge is -2.02. The summed E-state index contributed by atoms with van der Waals surface area (Å²) in [5.74, 6) is 0.949. The summed E-state index contributed by atoms with van der Waals surface area (Å²) in [5.41, 5.74) is 0. The first-order valence-electron chi connectivity index (χ1n) is 4.65. The van der Waals surface area contributed by atoms with Gasteiger partial charge in [-0.3, -0.25) is 0 Å². The van der Waals surface area contributed by atoms with Gasteiger partial charge in [-0.15, -0.1) is 0 Å². The molecule has 0 aromatic heterocycles. The predicted molar refractivity (Wildman–Crippen MR) is 54.0 cm³/mol. The zero-order chi connectivity index (χ0) is 9.28. The summed E-state index contributed by atoms with van der Waals surface area (Å²) in [6, 6.07) is 0. The van der Waals surface area contributed by atoms with Crippen LogP contribution in [0.25, 0.3) is 0 Å². The van der Waals surface area contributed by atoms with E-state index in [1.54, 1.807) is 0 Å². The Labute approximate surface area is 72.8 Å². The minimum Gasteiger partial charge on any atom is -0.312 e. The first kappa shape index (κ1) is 13.5. The number of nitrogens with zero attached hydrogens (tertiary/aromatic N) is 1. The SMILES string of the molecule is CCCC(C)CC.CN(C)C. The lowest BCUT2D eigenvalue weighted by molar-refractivity contribution is 0.505. The topological polar surface area (TPSA) is 3.24 Å². The monoisotopic (exact) mass is 159 g/mol. The molecule has 0 bridgehead atoms. The van der Waals surface area contributed by atoms with Gasteiger partial charge in [0.15, 0.2) is 0 Å². The predicted octanol–water partition coefficient (Wildman–Crippen LogP) is 3.01. The Kier molecular flexibility index (Phi) is 12.3. The first-order valence-corrected chi connectivity index (χ1v) is 4.65. The highest BCUT2D eigenvalue weighted by atomic mass is 15.0. The molecule has 0 aliphatic rings. The van der Waals surface area contributed by atoms with Gasteiger partial charge in [-0.2, -0.15) is 0 Å². The fourth-order valence-corrected chi connectivity index (χ4v) is 0.697. The van der Waals surface area contributed by atoms with E-state index in [1.165, 1.54) is 19.3 Å². The van der Waals surface area contributed by atoms with Crippen molar-refractivity contribution in [1.82, 2.24) is 4.90 Å². The molecule has 11 heavy (non-hydrogen) atoms. The van der Waals surface area contributed by atoms with Gasteiger partial charge >= 0.3 is 0 Å². The van der Waals surface area contributed by atoms with Crippen LogP contribution in [0.1, 0.15) is 40.0 Å². The van der Waals surface area contributed by atoms with Crippen LogP contribution in [-0.4, -0.2) is 26.0 Å². The van der Waals surface area contributed by atoms with Crippen LogP contribution in [0.5, 0.6) is 0 Å². The largest absolute Gasteiger partial charge is 0.312 e. The second-order valence-corrected chi connectivity index (χ2v) is 3.64. The lowest BCUT2D eigenvalue weighted by Crippen LogP contribution is -1.99. The molecule has 0 rings (SSSR count). The molecule has 0 amide bonds. The Bertz CT molecular complexity index is 57.1. The molecule has 1 atom stereocenters. The number of hydrogen-bond donors (Lipinski definition) is 0. The van der Waals surface area contributed by atoms with Crippen molar-refractivity contribution in [2.45, 2.75) is 40.0 Å². The van der Waals surface area contributed by atoms with Crippen LogP contribution < -0.4 is 0 Å². The van der Waals surface area contributed by atoms with E-state index in [9.17, 15) is 0 Å². The number of rotatable bonds is 3. The molecule has 0 N–H and O–H groups in total. The normalized spacial score (nSPS) is 12.3. The zero-order valence-corrected chi connectivity index (χ0v) is 9.15. The molecule has 1 heteroatoms. The van der Waals surface area contributed by atoms with E-state index in [1.807, 2.05) is 26.0 Å². The standard InChI is InChI=1S/C7H16.C3H9N/c1-4-6-7(3)5-2;1-4(2)3/h7H,4-6H2,1-3H3;1-3H3. The van der Waals surface area contributed by atoms with E-state index >= 15 is 0 Å². The van der Waals surface area contributed by atoms with Crippen LogP contribution in [0.2, 0.25) is 0 Å². The van der Waals surface area contributed by atoms with Crippen LogP contribution in [0.4, 0.5) is 0 Å². The molecule has 0 saturated heterocycles. The average molecular weight is 159 g/mol. The smallest absolute Gasteiger partial charge is 0.0140 e. The van der Waals surface area contributed by atoms with Crippen LogP contribution in [0.3, 0.4) is 0 Å². The van der Waals surface area contributed by atoms with Gasteiger partial charge in [0.2, 0.25) is 0 Å². The maximum absolute atomic E-state index is 2.31. The van der Waals surface area contributed by atoms with Gasteiger partial charge < -0.3 is 4.90 Å². The maximum Gasteiger partial charge on any atom is -0.0140 e. The van der Waals surface area contributed by atoms with Crippen molar-refractivity contribution in [1.29, 1.82) is 0 Å². The third-order valence-corrected chi connectivity index (χ3v) is 1.48. The minimum atomic E-state index is 0.949. The van der Waals surface area contributed by atoms with Gasteiger partial charge in [0, 0.05) is 0 Å². The zero-order valence-electron chi connectivity index (χ0n) is 9.15. The van der Waals surface area contributed by atoms with Crippen molar-refractivity contribution in [2.75, 3.05) is 21.1 Å². The van der Waals surface area contributed by atoms with Crippen LogP contribution in [-0.2, 0) is 0 Å². The molecule has 70 valence electrons. The summed E-state index contributed by atoms with van der Waals surface area (Å²) in [4.78, 5) is 2.00. The Hall–Kier alpha value is -0.0400. The molecule has 0 aliphatic carbocycles. The van der Waals surface area contributed by atoms with E-state index in [-0.39, 0.29) is 0 Å². The highest BCUT2D eigenvalue weighted by Crippen LogP contribution is 2.07. The van der Waals surface area contributed by atoms with Gasteiger partial charge in [0.05, 0.1) is 0 Å². The Morgan fingerprint density at radius 3 is 1.55 bits per heavy atom. The van der Waals surface area contributed by atoms with E-state index in [0.717, 1.165) is 5.92 Å². The van der Waals surface area contributed by atoms with Crippen LogP contribution >= 0.6 is 0 Å². The molecular formula is C10H25N. The van der Waals surface area contributed by atoms with Crippen molar-refractivity contribution < 1.29 is 0 Å². The minimum absolute atomic E-state index is 0.949. The Balaban J connectivity index is 0. The van der Waals surface area contributed by atoms with Crippen molar-refractivity contribution in [3.8, 4) is 0 Å². The maximum atomic E-state index is 2.31. The molecule has 0 heterocycles. The highest BCUT2D eigenvalue weighted by Gasteiger charge is 1.92. The van der Waals surface area contributed by atoms with E-state index in [2.05, 4.69) is 20.8 Å². The van der Waals surface area contributed by atoms with Crippen molar-refractivity contribution in [3.05, 3.63) is 0 Å². The van der Waals surface area contributed by atoms with Crippen molar-refractivity contribution >= 4 is 0 Å². The molecule has 1 nitrogen and oxygen atoms in total. The molecule has 0 aromatic rings. The Morgan fingerprint density at radius 1 is 1.09 bits per heavy atom. The second kappa shape index (κ2) is 9.96. The van der Waals surface area contributed by atoms with E-state index < -0.39 is 0 Å². The number of hydrogen-bond acceptors (Lipinski definition) is 1. The van der Waals surface area contributed by atoms with Crippen molar-refractivity contribution in [2.24, 2.45) is 5.92 Å². The van der Waals surface area contributed by atoms with Gasteiger partial charge in [-0.1, -0.05) is 40.0 Å². The fourth-order valence-electron chi connectivity index (χ4n) is 0.697. The summed E-state index contributed by atoms with van der Waals surface area (Å²) >= 11 is 0. The van der Waals surface area contributed by atoms with Gasteiger partial charge in [0.1, 0.15) is 0 Å². The quantitative estimate of drug-likeness (QED) is 0.612. The molecular weight excluding hydrogens is 134 g/mol. The highest BCUT2D eigenvalue weighted by molar-refractivity contribution is 4.45. The molecule has 1 unspecified atom stereocenters. The molecule has 0 spiro atoms. The lowest BCUT2D eigenvalue weighted by atomic mass is 10.0. The summed E-state index contributed by atoms with van der Waals surface area (Å²) in [7, 11) is 6.00. The van der Waals surface area contributed by atoms with Crippen molar-refractivity contribution in [3.63, 3.8) is 0 Å². The average Bonchev–Trinajstić information content (AvgIpc) is 1.87. The molecule has 0 aromatic carbocycles. The summed E-state index contributed by atoms with van der Waals surface area (Å²) in [6.45, 7) is 6.80. The first-order chi connectivity index (χ1) is 5.04. The summed E-state index contributed by atoms with van der Waals surface area (Å²) in [5, 5.41) is 0. The summed E-state index contributed by atoms with van der Waals surface area (Å²) in [6.07, 6.45) is 4.08. The second-order valence-electron chi connectivity index (χ2n) is 3.64. The molecule has 0 radical (unpaired) electrons.